The molecule has 0 aliphatic heterocycles. The highest BCUT2D eigenvalue weighted by atomic mass is 16.4. The summed E-state index contributed by atoms with van der Waals surface area (Å²) in [6, 6.07) is -0.901. The van der Waals surface area contributed by atoms with Gasteiger partial charge < -0.3 is 15.0 Å². The Morgan fingerprint density at radius 3 is 2.48 bits per heavy atom. The number of imide groups is 1. The predicted octanol–water partition coefficient (Wildman–Crippen LogP) is 0.518. The van der Waals surface area contributed by atoms with Crippen molar-refractivity contribution in [3.05, 3.63) is 29.9 Å². The van der Waals surface area contributed by atoms with E-state index >= 15 is 0 Å². The number of hydrogen-bond donors (Lipinski definition) is 3. The minimum absolute atomic E-state index is 0.0140. The SMILES string of the molecule is CC(C(=O)O)=C(C)C(=O)NC(=O)NC(C)Cn1ccnc1. The molecule has 3 amide bonds. The molecule has 0 fully saturated rings. The normalized spacial score (nSPS) is 13.1. The van der Waals surface area contributed by atoms with Crippen molar-refractivity contribution in [1.29, 1.82) is 0 Å². The second-order valence-electron chi connectivity index (χ2n) is 4.64. The molecule has 0 aliphatic carbocycles. The van der Waals surface area contributed by atoms with Gasteiger partial charge in [-0.2, -0.15) is 0 Å². The Balaban J connectivity index is 2.51. The van der Waals surface area contributed by atoms with Crippen molar-refractivity contribution < 1.29 is 19.5 Å². The van der Waals surface area contributed by atoms with E-state index in [9.17, 15) is 14.4 Å². The Hall–Kier alpha value is -2.64. The second kappa shape index (κ2) is 7.22. The molecule has 0 bridgehead atoms. The van der Waals surface area contributed by atoms with Crippen LogP contribution >= 0.6 is 0 Å². The molecular weight excluding hydrogens is 276 g/mol. The second-order valence-corrected chi connectivity index (χ2v) is 4.64. The van der Waals surface area contributed by atoms with Gasteiger partial charge >= 0.3 is 12.0 Å². The fraction of sp³-hybridized carbons (Fsp3) is 0.385. The largest absolute Gasteiger partial charge is 0.478 e. The molecule has 21 heavy (non-hydrogen) atoms. The van der Waals surface area contributed by atoms with E-state index in [0.717, 1.165) is 0 Å². The van der Waals surface area contributed by atoms with Crippen LogP contribution in [0.25, 0.3) is 0 Å². The van der Waals surface area contributed by atoms with Gasteiger partial charge in [0.15, 0.2) is 0 Å². The quantitative estimate of drug-likeness (QED) is 0.685. The van der Waals surface area contributed by atoms with Crippen LogP contribution in [0.1, 0.15) is 20.8 Å². The number of aliphatic carboxylic acids is 1. The van der Waals surface area contributed by atoms with Crippen LogP contribution < -0.4 is 10.6 Å². The topological polar surface area (TPSA) is 113 Å². The lowest BCUT2D eigenvalue weighted by Crippen LogP contribution is -2.45. The molecule has 114 valence electrons. The van der Waals surface area contributed by atoms with E-state index in [-0.39, 0.29) is 17.2 Å². The summed E-state index contributed by atoms with van der Waals surface area (Å²) in [6.45, 7) is 4.93. The first-order valence-corrected chi connectivity index (χ1v) is 6.29. The molecule has 0 spiro atoms. The molecule has 1 heterocycles. The number of hydrogen-bond acceptors (Lipinski definition) is 4. The number of nitrogens with one attached hydrogen (secondary N) is 2. The molecule has 1 unspecified atom stereocenters. The average Bonchev–Trinajstić information content (AvgIpc) is 2.88. The van der Waals surface area contributed by atoms with Gasteiger partial charge in [0.1, 0.15) is 0 Å². The van der Waals surface area contributed by atoms with Crippen molar-refractivity contribution >= 4 is 17.9 Å². The number of carbonyl (C=O) groups excluding carboxylic acids is 2. The van der Waals surface area contributed by atoms with Gasteiger partial charge in [-0.25, -0.2) is 14.6 Å². The van der Waals surface area contributed by atoms with Gasteiger partial charge in [-0.1, -0.05) is 0 Å². The molecule has 1 aromatic rings. The highest BCUT2D eigenvalue weighted by molar-refractivity contribution is 6.07. The Kier molecular flexibility index (Phi) is 5.65. The number of imidazole rings is 1. The minimum atomic E-state index is -1.20. The number of nitrogens with zero attached hydrogens (tertiary/aromatic N) is 2. The maximum absolute atomic E-state index is 11.7. The van der Waals surface area contributed by atoms with Crippen molar-refractivity contribution in [3.8, 4) is 0 Å². The van der Waals surface area contributed by atoms with Crippen LogP contribution in [-0.2, 0) is 16.1 Å². The van der Waals surface area contributed by atoms with Crippen molar-refractivity contribution in [2.75, 3.05) is 0 Å². The first-order chi connectivity index (χ1) is 9.81. The van der Waals surface area contributed by atoms with Crippen LogP contribution in [0.5, 0.6) is 0 Å². The van der Waals surface area contributed by atoms with Crippen molar-refractivity contribution in [3.63, 3.8) is 0 Å². The molecule has 0 aliphatic rings. The van der Waals surface area contributed by atoms with Crippen LogP contribution in [-0.4, -0.2) is 38.6 Å². The molecule has 1 aromatic heterocycles. The molecule has 0 saturated carbocycles. The minimum Gasteiger partial charge on any atom is -0.478 e. The van der Waals surface area contributed by atoms with Crippen molar-refractivity contribution in [1.82, 2.24) is 20.2 Å². The Morgan fingerprint density at radius 2 is 1.95 bits per heavy atom. The maximum Gasteiger partial charge on any atom is 0.331 e. The highest BCUT2D eigenvalue weighted by Gasteiger charge is 2.16. The molecule has 0 aromatic carbocycles. The lowest BCUT2D eigenvalue weighted by Gasteiger charge is -2.14. The van der Waals surface area contributed by atoms with Gasteiger partial charge in [-0.05, 0) is 20.8 Å². The summed E-state index contributed by atoms with van der Waals surface area (Å²) in [4.78, 5) is 38.0. The lowest BCUT2D eigenvalue weighted by molar-refractivity contribution is -0.133. The monoisotopic (exact) mass is 294 g/mol. The summed E-state index contributed by atoms with van der Waals surface area (Å²) >= 11 is 0. The van der Waals surface area contributed by atoms with Gasteiger partial charge in [0.05, 0.1) is 6.33 Å². The zero-order chi connectivity index (χ0) is 16.0. The summed E-state index contributed by atoms with van der Waals surface area (Å²) in [7, 11) is 0. The number of carboxylic acids is 1. The van der Waals surface area contributed by atoms with E-state index in [0.29, 0.717) is 6.54 Å². The number of rotatable bonds is 5. The Labute approximate surface area is 121 Å². The molecular formula is C13H18N4O4. The Morgan fingerprint density at radius 1 is 1.29 bits per heavy atom. The first kappa shape index (κ1) is 16.4. The van der Waals surface area contributed by atoms with Crippen molar-refractivity contribution in [2.45, 2.75) is 33.4 Å². The van der Waals surface area contributed by atoms with Crippen LogP contribution in [0.2, 0.25) is 0 Å². The fourth-order valence-electron chi connectivity index (χ4n) is 1.54. The van der Waals surface area contributed by atoms with Gasteiger partial charge in [0.2, 0.25) is 0 Å². The lowest BCUT2D eigenvalue weighted by atomic mass is 10.1. The van der Waals surface area contributed by atoms with Gasteiger partial charge in [-0.15, -0.1) is 0 Å². The molecule has 3 N–H and O–H groups in total. The third-order valence-corrected chi connectivity index (χ3v) is 2.87. The van der Waals surface area contributed by atoms with Crippen molar-refractivity contribution in [2.24, 2.45) is 0 Å². The van der Waals surface area contributed by atoms with E-state index in [4.69, 9.17) is 5.11 Å². The van der Waals surface area contributed by atoms with Gasteiger partial charge in [0.25, 0.3) is 5.91 Å². The van der Waals surface area contributed by atoms with Crippen LogP contribution in [0, 0.1) is 0 Å². The summed E-state index contributed by atoms with van der Waals surface area (Å²) < 4.78 is 1.78. The van der Waals surface area contributed by atoms with E-state index in [1.807, 2.05) is 0 Å². The zero-order valence-corrected chi connectivity index (χ0v) is 12.1. The molecule has 1 rings (SSSR count). The molecule has 8 nitrogen and oxygen atoms in total. The summed E-state index contributed by atoms with van der Waals surface area (Å²) in [5.74, 6) is -1.93. The van der Waals surface area contributed by atoms with Crippen LogP contribution in [0.4, 0.5) is 4.79 Å². The molecule has 0 saturated heterocycles. The van der Waals surface area contributed by atoms with E-state index in [1.54, 1.807) is 30.2 Å². The summed E-state index contributed by atoms with van der Waals surface area (Å²) in [5.41, 5.74) is -0.119. The average molecular weight is 294 g/mol. The number of carbonyl (C=O) groups is 3. The van der Waals surface area contributed by atoms with Crippen LogP contribution in [0.3, 0.4) is 0 Å². The maximum atomic E-state index is 11.7. The van der Waals surface area contributed by atoms with E-state index in [2.05, 4.69) is 15.6 Å². The number of aromatic nitrogens is 2. The smallest absolute Gasteiger partial charge is 0.331 e. The molecule has 0 radical (unpaired) electrons. The van der Waals surface area contributed by atoms with E-state index in [1.165, 1.54) is 13.8 Å². The Bertz CT molecular complexity index is 563. The number of urea groups is 1. The predicted molar refractivity (Wildman–Crippen MR) is 74.4 cm³/mol. The third kappa shape index (κ3) is 5.09. The number of amides is 3. The van der Waals surface area contributed by atoms with E-state index < -0.39 is 17.9 Å². The first-order valence-electron chi connectivity index (χ1n) is 6.29. The zero-order valence-electron chi connectivity index (χ0n) is 12.1. The third-order valence-electron chi connectivity index (χ3n) is 2.87. The van der Waals surface area contributed by atoms with Gasteiger partial charge in [0, 0.05) is 36.1 Å². The molecule has 8 heteroatoms. The summed E-state index contributed by atoms with van der Waals surface area (Å²) in [5, 5.41) is 13.5. The fourth-order valence-corrected chi connectivity index (χ4v) is 1.54. The summed E-state index contributed by atoms with van der Waals surface area (Å²) in [6.07, 6.45) is 4.99. The van der Waals surface area contributed by atoms with Gasteiger partial charge in [-0.3, -0.25) is 10.1 Å². The highest BCUT2D eigenvalue weighted by Crippen LogP contribution is 2.03. The molecule has 1 atom stereocenters. The standard InChI is InChI=1S/C13H18N4O4/c1-8(6-17-5-4-14-7-17)15-13(21)16-11(18)9(2)10(3)12(19)20/h4-5,7-8H,6H2,1-3H3,(H,19,20)(H2,15,16,18,21). The number of carboxylic acid groups (broad SMARTS) is 1. The van der Waals surface area contributed by atoms with Crippen LogP contribution in [0.15, 0.2) is 29.9 Å².